The summed E-state index contributed by atoms with van der Waals surface area (Å²) in [6, 6.07) is 14.6. The van der Waals surface area contributed by atoms with Gasteiger partial charge in [0.25, 0.3) is 0 Å². The van der Waals surface area contributed by atoms with Gasteiger partial charge in [-0.15, -0.1) is 0 Å². The number of rotatable bonds is 4. The lowest BCUT2D eigenvalue weighted by atomic mass is 10.1. The molecule has 0 bridgehead atoms. The van der Waals surface area contributed by atoms with Crippen molar-refractivity contribution < 1.29 is 13.2 Å². The monoisotopic (exact) mass is 330 g/mol. The molecule has 23 heavy (non-hydrogen) atoms. The third kappa shape index (κ3) is 3.43. The zero-order valence-electron chi connectivity index (χ0n) is 12.7. The smallest absolute Gasteiger partial charge is 0.238 e. The van der Waals surface area contributed by atoms with Crippen molar-refractivity contribution in [2.24, 2.45) is 11.1 Å². The van der Waals surface area contributed by atoms with Crippen LogP contribution in [0.3, 0.4) is 0 Å². The molecule has 1 aliphatic rings. The summed E-state index contributed by atoms with van der Waals surface area (Å²) in [7, 11) is -3.80. The number of hydrogen-bond acceptors (Lipinski definition) is 3. The van der Waals surface area contributed by atoms with E-state index in [1.807, 2.05) is 30.3 Å². The fourth-order valence-electron chi connectivity index (χ4n) is 2.77. The predicted octanol–water partition coefficient (Wildman–Crippen LogP) is 2.38. The lowest BCUT2D eigenvalue weighted by Gasteiger charge is -2.09. The lowest BCUT2D eigenvalue weighted by Crippen LogP contribution is -2.17. The second-order valence-corrected chi connectivity index (χ2v) is 7.40. The Balaban J connectivity index is 1.73. The Morgan fingerprint density at radius 2 is 1.87 bits per heavy atom. The number of nitrogens with one attached hydrogen (secondary N) is 1. The Labute approximate surface area is 135 Å². The van der Waals surface area contributed by atoms with E-state index in [0.717, 1.165) is 12.0 Å². The quantitative estimate of drug-likeness (QED) is 0.902. The number of carbonyl (C=O) groups excluding carboxylic acids is 1. The molecule has 5 nitrogen and oxygen atoms in total. The molecule has 120 valence electrons. The van der Waals surface area contributed by atoms with E-state index in [1.54, 1.807) is 19.1 Å². The minimum atomic E-state index is -3.80. The summed E-state index contributed by atoms with van der Waals surface area (Å²) in [5.74, 6) is 0.0686. The van der Waals surface area contributed by atoms with Gasteiger partial charge >= 0.3 is 0 Å². The standard InChI is InChI=1S/C17H18N2O3S/c1-11-7-8-13(9-16(11)23(18,21)22)19-17(20)15-10-14(15)12-5-3-2-4-6-12/h2-9,14-15H,10H2,1H3,(H,19,20)(H2,18,21,22). The Bertz CT molecular complexity index is 847. The summed E-state index contributed by atoms with van der Waals surface area (Å²) in [5, 5.41) is 7.97. The van der Waals surface area contributed by atoms with E-state index in [-0.39, 0.29) is 22.6 Å². The van der Waals surface area contributed by atoms with Gasteiger partial charge in [-0.25, -0.2) is 13.6 Å². The Morgan fingerprint density at radius 1 is 1.17 bits per heavy atom. The highest BCUT2D eigenvalue weighted by Crippen LogP contribution is 2.47. The van der Waals surface area contributed by atoms with E-state index in [1.165, 1.54) is 6.07 Å². The van der Waals surface area contributed by atoms with Crippen LogP contribution in [0.15, 0.2) is 53.4 Å². The fourth-order valence-corrected chi connectivity index (χ4v) is 3.58. The Kier molecular flexibility index (Phi) is 3.95. The minimum absolute atomic E-state index is 0.0331. The van der Waals surface area contributed by atoms with Crippen LogP contribution in [0, 0.1) is 12.8 Å². The van der Waals surface area contributed by atoms with Crippen LogP contribution in [0.2, 0.25) is 0 Å². The molecule has 0 aliphatic heterocycles. The van der Waals surface area contributed by atoms with E-state index in [2.05, 4.69) is 5.32 Å². The van der Waals surface area contributed by atoms with Crippen LogP contribution in [0.1, 0.15) is 23.5 Å². The first-order valence-electron chi connectivity index (χ1n) is 7.35. The van der Waals surface area contributed by atoms with Crippen molar-refractivity contribution in [2.45, 2.75) is 24.2 Å². The van der Waals surface area contributed by atoms with Gasteiger partial charge < -0.3 is 5.32 Å². The highest BCUT2D eigenvalue weighted by atomic mass is 32.2. The summed E-state index contributed by atoms with van der Waals surface area (Å²) < 4.78 is 23.1. The van der Waals surface area contributed by atoms with E-state index >= 15 is 0 Å². The number of hydrogen-bond donors (Lipinski definition) is 2. The largest absolute Gasteiger partial charge is 0.326 e. The Hall–Kier alpha value is -2.18. The molecule has 0 radical (unpaired) electrons. The van der Waals surface area contributed by atoms with Crippen LogP contribution < -0.4 is 10.5 Å². The summed E-state index contributed by atoms with van der Waals surface area (Å²) in [6.07, 6.45) is 0.809. The molecular weight excluding hydrogens is 312 g/mol. The molecule has 6 heteroatoms. The van der Waals surface area contributed by atoms with Crippen LogP contribution in [0.5, 0.6) is 0 Å². The maximum Gasteiger partial charge on any atom is 0.238 e. The average Bonchev–Trinajstić information content (AvgIpc) is 3.29. The van der Waals surface area contributed by atoms with Crippen LogP contribution in [-0.4, -0.2) is 14.3 Å². The number of benzene rings is 2. The molecule has 3 rings (SSSR count). The van der Waals surface area contributed by atoms with Gasteiger partial charge in [0.15, 0.2) is 0 Å². The maximum absolute atomic E-state index is 12.3. The third-order valence-electron chi connectivity index (χ3n) is 4.12. The van der Waals surface area contributed by atoms with Gasteiger partial charge in [0.2, 0.25) is 15.9 Å². The number of nitrogens with two attached hydrogens (primary N) is 1. The first-order valence-corrected chi connectivity index (χ1v) is 8.90. The number of amides is 1. The first-order chi connectivity index (χ1) is 10.9. The molecule has 2 atom stereocenters. The van der Waals surface area contributed by atoms with Gasteiger partial charge in [-0.3, -0.25) is 4.79 Å². The highest BCUT2D eigenvalue weighted by Gasteiger charge is 2.43. The molecule has 1 amide bonds. The number of aryl methyl sites for hydroxylation is 1. The van der Waals surface area contributed by atoms with Crippen molar-refractivity contribution in [1.82, 2.24) is 0 Å². The molecule has 3 N–H and O–H groups in total. The number of anilines is 1. The molecule has 2 aromatic carbocycles. The van der Waals surface area contributed by atoms with E-state index in [4.69, 9.17) is 5.14 Å². The van der Waals surface area contributed by atoms with Crippen LogP contribution in [0.25, 0.3) is 0 Å². The molecule has 1 aliphatic carbocycles. The zero-order chi connectivity index (χ0) is 16.6. The number of primary sulfonamides is 1. The SMILES string of the molecule is Cc1ccc(NC(=O)C2CC2c2ccccc2)cc1S(N)(=O)=O. The summed E-state index contributed by atoms with van der Waals surface area (Å²) in [4.78, 5) is 12.3. The van der Waals surface area contributed by atoms with E-state index < -0.39 is 10.0 Å². The zero-order valence-corrected chi connectivity index (χ0v) is 13.5. The predicted molar refractivity (Wildman–Crippen MR) is 88.5 cm³/mol. The van der Waals surface area contributed by atoms with Gasteiger partial charge in [-0.2, -0.15) is 0 Å². The maximum atomic E-state index is 12.3. The van der Waals surface area contributed by atoms with Gasteiger partial charge in [0.1, 0.15) is 0 Å². The molecule has 0 aromatic heterocycles. The van der Waals surface area contributed by atoms with Crippen molar-refractivity contribution in [2.75, 3.05) is 5.32 Å². The lowest BCUT2D eigenvalue weighted by molar-refractivity contribution is -0.117. The van der Waals surface area contributed by atoms with Crippen molar-refractivity contribution >= 4 is 21.6 Å². The molecule has 0 spiro atoms. The number of sulfonamides is 1. The fraction of sp³-hybridized carbons (Fsp3) is 0.235. The second kappa shape index (κ2) is 5.79. The van der Waals surface area contributed by atoms with Crippen LogP contribution in [0.4, 0.5) is 5.69 Å². The summed E-state index contributed by atoms with van der Waals surface area (Å²) >= 11 is 0. The van der Waals surface area contributed by atoms with Gasteiger partial charge in [0.05, 0.1) is 4.90 Å². The first kappa shape index (κ1) is 15.7. The third-order valence-corrected chi connectivity index (χ3v) is 5.17. The minimum Gasteiger partial charge on any atom is -0.326 e. The molecular formula is C17H18N2O3S. The van der Waals surface area contributed by atoms with Crippen molar-refractivity contribution in [3.8, 4) is 0 Å². The van der Waals surface area contributed by atoms with Crippen molar-refractivity contribution in [3.05, 3.63) is 59.7 Å². The van der Waals surface area contributed by atoms with Crippen molar-refractivity contribution in [1.29, 1.82) is 0 Å². The summed E-state index contributed by atoms with van der Waals surface area (Å²) in [5.41, 5.74) is 2.16. The van der Waals surface area contributed by atoms with E-state index in [9.17, 15) is 13.2 Å². The average molecular weight is 330 g/mol. The van der Waals surface area contributed by atoms with Gasteiger partial charge in [0, 0.05) is 11.6 Å². The molecule has 2 unspecified atom stereocenters. The Morgan fingerprint density at radius 3 is 2.52 bits per heavy atom. The highest BCUT2D eigenvalue weighted by molar-refractivity contribution is 7.89. The van der Waals surface area contributed by atoms with Gasteiger partial charge in [-0.05, 0) is 42.5 Å². The molecule has 0 heterocycles. The van der Waals surface area contributed by atoms with Gasteiger partial charge in [-0.1, -0.05) is 36.4 Å². The normalized spacial score (nSPS) is 20.1. The van der Waals surface area contributed by atoms with Crippen molar-refractivity contribution in [3.63, 3.8) is 0 Å². The molecule has 1 fully saturated rings. The second-order valence-electron chi connectivity index (χ2n) is 5.87. The van der Waals surface area contributed by atoms with E-state index in [0.29, 0.717) is 11.3 Å². The molecule has 0 saturated heterocycles. The number of carbonyl (C=O) groups is 1. The van der Waals surface area contributed by atoms with Crippen LogP contribution >= 0.6 is 0 Å². The molecule has 2 aromatic rings. The van der Waals surface area contributed by atoms with Crippen LogP contribution in [-0.2, 0) is 14.8 Å². The topological polar surface area (TPSA) is 89.3 Å². The molecule has 1 saturated carbocycles. The summed E-state index contributed by atoms with van der Waals surface area (Å²) in [6.45, 7) is 1.66.